The molecular weight excluding hydrogens is 355 g/mol. The minimum absolute atomic E-state index is 0.113. The van der Waals surface area contributed by atoms with Gasteiger partial charge in [-0.15, -0.1) is 0 Å². The summed E-state index contributed by atoms with van der Waals surface area (Å²) in [6.45, 7) is 0. The summed E-state index contributed by atoms with van der Waals surface area (Å²) in [4.78, 5) is 16.6. The van der Waals surface area contributed by atoms with Crippen LogP contribution >= 0.6 is 0 Å². The van der Waals surface area contributed by atoms with Gasteiger partial charge in [0.05, 0.1) is 11.0 Å². The molecule has 3 aromatic heterocycles. The number of aromatic amines is 1. The molecule has 1 aromatic carbocycles. The molecule has 28 heavy (non-hydrogen) atoms. The second-order valence-electron chi connectivity index (χ2n) is 7.38. The average Bonchev–Trinajstić information content (AvgIpc) is 3.15. The van der Waals surface area contributed by atoms with E-state index in [1.54, 1.807) is 30.9 Å². The topological polar surface area (TPSA) is 92.5 Å². The van der Waals surface area contributed by atoms with Crippen molar-refractivity contribution in [3.8, 4) is 11.1 Å². The number of anilines is 1. The predicted molar refractivity (Wildman–Crippen MR) is 108 cm³/mol. The molecule has 2 atom stereocenters. The van der Waals surface area contributed by atoms with Crippen molar-refractivity contribution in [1.29, 1.82) is 0 Å². The number of para-hydroxylation sites is 1. The summed E-state index contributed by atoms with van der Waals surface area (Å²) in [5, 5.41) is 5.04. The molecule has 0 bridgehead atoms. The lowest BCUT2D eigenvalue weighted by atomic mass is 9.91. The molecule has 1 fully saturated rings. The first kappa shape index (κ1) is 17.1. The molecule has 0 radical (unpaired) electrons. The molecule has 1 saturated carbocycles. The molecule has 5 rings (SSSR count). The molecule has 4 aromatic rings. The zero-order valence-corrected chi connectivity index (χ0v) is 15.3. The number of nitrogens with two attached hydrogens (primary N) is 1. The van der Waals surface area contributed by atoms with Crippen LogP contribution in [-0.2, 0) is 0 Å². The molecule has 1 aliphatic rings. The molecule has 0 aliphatic heterocycles. The van der Waals surface area contributed by atoms with E-state index in [4.69, 9.17) is 10.7 Å². The van der Waals surface area contributed by atoms with E-state index in [0.29, 0.717) is 11.5 Å². The van der Waals surface area contributed by atoms with Crippen LogP contribution in [0.5, 0.6) is 0 Å². The van der Waals surface area contributed by atoms with Gasteiger partial charge in [0, 0.05) is 58.8 Å². The van der Waals surface area contributed by atoms with Crippen molar-refractivity contribution in [2.45, 2.75) is 37.8 Å². The van der Waals surface area contributed by atoms with Gasteiger partial charge in [0.2, 0.25) is 5.95 Å². The fraction of sp³-hybridized carbons (Fsp3) is 0.286. The van der Waals surface area contributed by atoms with Gasteiger partial charge in [0.15, 0.2) is 0 Å². The molecule has 0 spiro atoms. The van der Waals surface area contributed by atoms with Crippen LogP contribution in [0.1, 0.15) is 25.7 Å². The number of hydrogen-bond acceptors (Lipinski definition) is 5. The summed E-state index contributed by atoms with van der Waals surface area (Å²) < 4.78 is 14.1. The molecule has 3 heterocycles. The lowest BCUT2D eigenvalue weighted by Crippen LogP contribution is -2.42. The Morgan fingerprint density at radius 1 is 1.11 bits per heavy atom. The van der Waals surface area contributed by atoms with Gasteiger partial charge in [0.1, 0.15) is 5.82 Å². The van der Waals surface area contributed by atoms with Gasteiger partial charge in [-0.2, -0.15) is 0 Å². The van der Waals surface area contributed by atoms with E-state index in [1.807, 2.05) is 6.07 Å². The van der Waals surface area contributed by atoms with Gasteiger partial charge in [-0.05, 0) is 18.9 Å². The molecule has 4 N–H and O–H groups in total. The number of nitrogens with zero attached hydrogens (tertiary/aromatic N) is 3. The van der Waals surface area contributed by atoms with Crippen LogP contribution in [0, 0.1) is 5.82 Å². The summed E-state index contributed by atoms with van der Waals surface area (Å²) in [5.74, 6) is 0.286. The number of fused-ring (bicyclic) bond motifs is 2. The fourth-order valence-corrected chi connectivity index (χ4v) is 4.07. The lowest BCUT2D eigenvalue weighted by Gasteiger charge is -2.29. The zero-order chi connectivity index (χ0) is 19.1. The van der Waals surface area contributed by atoms with Crippen molar-refractivity contribution >= 4 is 27.8 Å². The number of rotatable bonds is 3. The molecule has 1 aliphatic carbocycles. The molecule has 142 valence electrons. The maximum absolute atomic E-state index is 14.1. The summed E-state index contributed by atoms with van der Waals surface area (Å²) >= 11 is 0. The third-order valence-corrected chi connectivity index (χ3v) is 5.58. The first-order valence-corrected chi connectivity index (χ1v) is 9.59. The van der Waals surface area contributed by atoms with Gasteiger partial charge in [-0.25, -0.2) is 14.4 Å². The third-order valence-electron chi connectivity index (χ3n) is 5.58. The van der Waals surface area contributed by atoms with Crippen molar-refractivity contribution in [2.24, 2.45) is 5.73 Å². The Bertz CT molecular complexity index is 1150. The first-order valence-electron chi connectivity index (χ1n) is 9.59. The number of aromatic nitrogens is 4. The smallest absolute Gasteiger partial charge is 0.223 e. The number of benzene rings is 1. The standard InChI is InChI=1S/C21H21FN6/c22-16-5-3-4-13-14(11-25-20(13)16)15-10-24-8-12-9-26-21(28-19(12)15)27-18-7-2-1-6-17(18)23/h3-5,8-11,17-18,25H,1-2,6-7,23H2,(H,26,27,28)/t17-,18+/m0/s1. The minimum Gasteiger partial charge on any atom is -0.358 e. The number of H-pyrrole nitrogens is 1. The monoisotopic (exact) mass is 376 g/mol. The average molecular weight is 376 g/mol. The Hall–Kier alpha value is -3.06. The Balaban J connectivity index is 1.60. The van der Waals surface area contributed by atoms with E-state index in [2.05, 4.69) is 20.3 Å². The van der Waals surface area contributed by atoms with E-state index in [9.17, 15) is 4.39 Å². The van der Waals surface area contributed by atoms with Crippen LogP contribution in [0.2, 0.25) is 0 Å². The highest BCUT2D eigenvalue weighted by molar-refractivity contribution is 6.03. The number of hydrogen-bond donors (Lipinski definition) is 3. The molecular formula is C21H21FN6. The van der Waals surface area contributed by atoms with E-state index >= 15 is 0 Å². The highest BCUT2D eigenvalue weighted by Crippen LogP contribution is 2.33. The van der Waals surface area contributed by atoms with Crippen LogP contribution in [0.25, 0.3) is 32.9 Å². The van der Waals surface area contributed by atoms with Crippen LogP contribution in [0.4, 0.5) is 10.3 Å². The number of nitrogens with one attached hydrogen (secondary N) is 2. The third kappa shape index (κ3) is 2.88. The number of pyridine rings is 1. The Morgan fingerprint density at radius 2 is 2.00 bits per heavy atom. The second-order valence-corrected chi connectivity index (χ2v) is 7.38. The highest BCUT2D eigenvalue weighted by Gasteiger charge is 2.22. The normalized spacial score (nSPS) is 19.9. The molecule has 0 amide bonds. The van der Waals surface area contributed by atoms with Crippen LogP contribution in [-0.4, -0.2) is 32.0 Å². The zero-order valence-electron chi connectivity index (χ0n) is 15.3. The van der Waals surface area contributed by atoms with Crippen LogP contribution in [0.15, 0.2) is 43.0 Å². The van der Waals surface area contributed by atoms with E-state index < -0.39 is 0 Å². The van der Waals surface area contributed by atoms with Gasteiger partial charge in [-0.1, -0.05) is 25.0 Å². The van der Waals surface area contributed by atoms with Crippen molar-refractivity contribution < 1.29 is 4.39 Å². The number of halogens is 1. The first-order chi connectivity index (χ1) is 13.7. The minimum atomic E-state index is -0.278. The van der Waals surface area contributed by atoms with Crippen molar-refractivity contribution in [3.05, 3.63) is 48.8 Å². The fourth-order valence-electron chi connectivity index (χ4n) is 4.07. The van der Waals surface area contributed by atoms with Gasteiger partial charge in [-0.3, -0.25) is 4.98 Å². The Kier molecular flexibility index (Phi) is 4.16. The lowest BCUT2D eigenvalue weighted by molar-refractivity contribution is 0.402. The van der Waals surface area contributed by atoms with Crippen LogP contribution in [0.3, 0.4) is 0 Å². The van der Waals surface area contributed by atoms with Gasteiger partial charge < -0.3 is 16.0 Å². The van der Waals surface area contributed by atoms with E-state index in [-0.39, 0.29) is 17.9 Å². The SMILES string of the molecule is N[C@H]1CCCC[C@H]1Nc1ncc2cncc(-c3c[nH]c4c(F)cccc34)c2n1. The molecule has 7 heteroatoms. The summed E-state index contributed by atoms with van der Waals surface area (Å²) in [5.41, 5.74) is 9.22. The van der Waals surface area contributed by atoms with Crippen molar-refractivity contribution in [3.63, 3.8) is 0 Å². The van der Waals surface area contributed by atoms with E-state index in [1.165, 1.54) is 12.5 Å². The van der Waals surface area contributed by atoms with Gasteiger partial charge >= 0.3 is 0 Å². The molecule has 0 unspecified atom stereocenters. The summed E-state index contributed by atoms with van der Waals surface area (Å²) in [6, 6.07) is 5.34. The maximum atomic E-state index is 14.1. The van der Waals surface area contributed by atoms with Crippen LogP contribution < -0.4 is 11.1 Å². The molecule has 0 saturated heterocycles. The largest absolute Gasteiger partial charge is 0.358 e. The Morgan fingerprint density at radius 3 is 2.89 bits per heavy atom. The van der Waals surface area contributed by atoms with Gasteiger partial charge in [0.25, 0.3) is 0 Å². The van der Waals surface area contributed by atoms with Crippen molar-refractivity contribution in [2.75, 3.05) is 5.32 Å². The summed E-state index contributed by atoms with van der Waals surface area (Å²) in [6.07, 6.45) is 11.4. The van der Waals surface area contributed by atoms with E-state index in [0.717, 1.165) is 46.7 Å². The van der Waals surface area contributed by atoms with Crippen molar-refractivity contribution in [1.82, 2.24) is 19.9 Å². The molecule has 6 nitrogen and oxygen atoms in total. The quantitative estimate of drug-likeness (QED) is 0.503. The second kappa shape index (κ2) is 6.83. The Labute approximate surface area is 161 Å². The summed E-state index contributed by atoms with van der Waals surface area (Å²) in [7, 11) is 0. The maximum Gasteiger partial charge on any atom is 0.223 e. The highest BCUT2D eigenvalue weighted by atomic mass is 19.1. The predicted octanol–water partition coefficient (Wildman–Crippen LogP) is 3.99.